The maximum atomic E-state index is 12.5. The minimum Gasteiger partial charge on any atom is -0.353 e. The highest BCUT2D eigenvalue weighted by atomic mass is 16.2. The van der Waals surface area contributed by atoms with Gasteiger partial charge in [0, 0.05) is 23.6 Å². The minimum absolute atomic E-state index is 0.0323. The number of amides is 2. The topological polar surface area (TPSA) is 58.2 Å². The third-order valence-electron chi connectivity index (χ3n) is 5.05. The molecule has 0 heterocycles. The molecule has 0 atom stereocenters. The fraction of sp³-hybridized carbons (Fsp3) is 0.579. The van der Waals surface area contributed by atoms with E-state index in [1.165, 1.54) is 5.56 Å². The first kappa shape index (κ1) is 16.0. The highest BCUT2D eigenvalue weighted by Crippen LogP contribution is 2.31. The van der Waals surface area contributed by atoms with Gasteiger partial charge in [0.15, 0.2) is 0 Å². The summed E-state index contributed by atoms with van der Waals surface area (Å²) in [5, 5.41) is 6.16. The predicted octanol–water partition coefficient (Wildman–Crippen LogP) is 3.27. The summed E-state index contributed by atoms with van der Waals surface area (Å²) in [5.74, 6) is 0.433. The number of nitrogens with one attached hydrogen (secondary N) is 2. The lowest BCUT2D eigenvalue weighted by molar-refractivity contribution is -0.128. The Bertz CT molecular complexity index is 572. The predicted molar refractivity (Wildman–Crippen MR) is 91.1 cm³/mol. The molecular formula is C19H26N2O2. The Labute approximate surface area is 138 Å². The molecule has 0 unspecified atom stereocenters. The van der Waals surface area contributed by atoms with Gasteiger partial charge in [-0.2, -0.15) is 0 Å². The van der Waals surface area contributed by atoms with Crippen LogP contribution in [0.4, 0.5) is 5.69 Å². The lowest BCUT2D eigenvalue weighted by atomic mass is 9.81. The molecule has 0 aromatic heterocycles. The normalized spacial score (nSPS) is 24.0. The average molecular weight is 314 g/mol. The Balaban J connectivity index is 1.50. The van der Waals surface area contributed by atoms with E-state index >= 15 is 0 Å². The van der Waals surface area contributed by atoms with Gasteiger partial charge >= 0.3 is 0 Å². The van der Waals surface area contributed by atoms with E-state index in [2.05, 4.69) is 23.6 Å². The highest BCUT2D eigenvalue weighted by Gasteiger charge is 2.32. The highest BCUT2D eigenvalue weighted by molar-refractivity contribution is 5.93. The number of carbonyl (C=O) groups is 2. The van der Waals surface area contributed by atoms with Crippen molar-refractivity contribution < 1.29 is 9.59 Å². The molecule has 2 aliphatic carbocycles. The van der Waals surface area contributed by atoms with Gasteiger partial charge in [-0.15, -0.1) is 0 Å². The van der Waals surface area contributed by atoms with Crippen LogP contribution >= 0.6 is 0 Å². The van der Waals surface area contributed by atoms with Crippen molar-refractivity contribution in [3.8, 4) is 0 Å². The number of rotatable bonds is 5. The summed E-state index contributed by atoms with van der Waals surface area (Å²) < 4.78 is 0. The van der Waals surface area contributed by atoms with Crippen LogP contribution in [0.3, 0.4) is 0 Å². The third-order valence-corrected chi connectivity index (χ3v) is 5.05. The Morgan fingerprint density at radius 3 is 2.17 bits per heavy atom. The van der Waals surface area contributed by atoms with Crippen LogP contribution in [-0.2, 0) is 16.0 Å². The number of para-hydroxylation sites is 1. The molecule has 1 aromatic rings. The van der Waals surface area contributed by atoms with Crippen molar-refractivity contribution in [2.75, 3.05) is 5.32 Å². The number of aryl methyl sites for hydroxylation is 1. The fourth-order valence-electron chi connectivity index (χ4n) is 3.35. The summed E-state index contributed by atoms with van der Waals surface area (Å²) in [7, 11) is 0. The van der Waals surface area contributed by atoms with E-state index in [0.717, 1.165) is 50.6 Å². The van der Waals surface area contributed by atoms with Crippen molar-refractivity contribution in [2.24, 2.45) is 11.8 Å². The SMILES string of the molecule is CCc1ccccc1NC(=O)C1CCC(C(=O)NC2CC2)CC1. The second kappa shape index (κ2) is 7.16. The first-order chi connectivity index (χ1) is 11.2. The summed E-state index contributed by atoms with van der Waals surface area (Å²) in [4.78, 5) is 24.6. The van der Waals surface area contributed by atoms with Gasteiger partial charge in [0.05, 0.1) is 0 Å². The van der Waals surface area contributed by atoms with Crippen molar-refractivity contribution in [1.29, 1.82) is 0 Å². The van der Waals surface area contributed by atoms with Crippen molar-refractivity contribution in [2.45, 2.75) is 57.9 Å². The molecule has 0 bridgehead atoms. The number of hydrogen-bond acceptors (Lipinski definition) is 2. The van der Waals surface area contributed by atoms with Crippen LogP contribution < -0.4 is 10.6 Å². The molecule has 4 nitrogen and oxygen atoms in total. The maximum absolute atomic E-state index is 12.5. The van der Waals surface area contributed by atoms with Crippen LogP contribution in [0.25, 0.3) is 0 Å². The van der Waals surface area contributed by atoms with Crippen molar-refractivity contribution in [1.82, 2.24) is 5.32 Å². The van der Waals surface area contributed by atoms with E-state index in [1.54, 1.807) is 0 Å². The number of benzene rings is 1. The molecule has 2 N–H and O–H groups in total. The Kier molecular flexibility index (Phi) is 4.99. The summed E-state index contributed by atoms with van der Waals surface area (Å²) >= 11 is 0. The van der Waals surface area contributed by atoms with Crippen LogP contribution in [0.15, 0.2) is 24.3 Å². The Morgan fingerprint density at radius 1 is 0.957 bits per heavy atom. The molecule has 2 aliphatic rings. The third kappa shape index (κ3) is 4.12. The molecule has 0 radical (unpaired) electrons. The van der Waals surface area contributed by atoms with Gasteiger partial charge in [0.1, 0.15) is 0 Å². The quantitative estimate of drug-likeness (QED) is 0.876. The number of anilines is 1. The standard InChI is InChI=1S/C19H26N2O2/c1-2-13-5-3-4-6-17(13)21-19(23)15-9-7-14(8-10-15)18(22)20-16-11-12-16/h3-6,14-16H,2,7-12H2,1H3,(H,20,22)(H,21,23). The van der Waals surface area contributed by atoms with Gasteiger partial charge in [0.2, 0.25) is 11.8 Å². The van der Waals surface area contributed by atoms with E-state index in [4.69, 9.17) is 0 Å². The molecule has 23 heavy (non-hydrogen) atoms. The van der Waals surface area contributed by atoms with E-state index in [0.29, 0.717) is 6.04 Å². The van der Waals surface area contributed by atoms with Gasteiger partial charge < -0.3 is 10.6 Å². The zero-order valence-electron chi connectivity index (χ0n) is 13.8. The first-order valence-corrected chi connectivity index (χ1v) is 8.86. The van der Waals surface area contributed by atoms with E-state index < -0.39 is 0 Å². The summed E-state index contributed by atoms with van der Waals surface area (Å²) in [6.45, 7) is 2.09. The zero-order chi connectivity index (χ0) is 16.2. The van der Waals surface area contributed by atoms with Gasteiger partial charge in [0.25, 0.3) is 0 Å². The molecule has 3 rings (SSSR count). The van der Waals surface area contributed by atoms with E-state index in [1.807, 2.05) is 18.2 Å². The van der Waals surface area contributed by atoms with Crippen molar-refractivity contribution in [3.05, 3.63) is 29.8 Å². The van der Waals surface area contributed by atoms with Gasteiger partial charge in [-0.25, -0.2) is 0 Å². The molecule has 0 aliphatic heterocycles. The molecule has 2 saturated carbocycles. The van der Waals surface area contributed by atoms with Crippen LogP contribution in [0, 0.1) is 11.8 Å². The van der Waals surface area contributed by atoms with Gasteiger partial charge in [-0.3, -0.25) is 9.59 Å². The van der Waals surface area contributed by atoms with Crippen LogP contribution in [0.2, 0.25) is 0 Å². The van der Waals surface area contributed by atoms with Crippen molar-refractivity contribution >= 4 is 17.5 Å². The second-order valence-corrected chi connectivity index (χ2v) is 6.83. The molecule has 1 aromatic carbocycles. The summed E-state index contributed by atoms with van der Waals surface area (Å²) in [6, 6.07) is 8.39. The smallest absolute Gasteiger partial charge is 0.227 e. The second-order valence-electron chi connectivity index (χ2n) is 6.83. The number of hydrogen-bond donors (Lipinski definition) is 2. The first-order valence-electron chi connectivity index (χ1n) is 8.86. The summed E-state index contributed by atoms with van der Waals surface area (Å²) in [6.07, 6.45) is 6.43. The van der Waals surface area contributed by atoms with E-state index in [9.17, 15) is 9.59 Å². The molecule has 124 valence electrons. The minimum atomic E-state index is 0.0323. The molecule has 0 spiro atoms. The lowest BCUT2D eigenvalue weighted by Crippen LogP contribution is -2.36. The van der Waals surface area contributed by atoms with Gasteiger partial charge in [-0.05, 0) is 56.6 Å². The molecule has 0 saturated heterocycles. The fourth-order valence-corrected chi connectivity index (χ4v) is 3.35. The van der Waals surface area contributed by atoms with Crippen molar-refractivity contribution in [3.63, 3.8) is 0 Å². The maximum Gasteiger partial charge on any atom is 0.227 e. The monoisotopic (exact) mass is 314 g/mol. The van der Waals surface area contributed by atoms with Crippen LogP contribution in [0.1, 0.15) is 51.0 Å². The Hall–Kier alpha value is -1.84. The molecule has 2 amide bonds. The molecule has 2 fully saturated rings. The average Bonchev–Trinajstić information content (AvgIpc) is 3.39. The Morgan fingerprint density at radius 2 is 1.57 bits per heavy atom. The largest absolute Gasteiger partial charge is 0.353 e. The summed E-state index contributed by atoms with van der Waals surface area (Å²) in [5.41, 5.74) is 2.09. The van der Waals surface area contributed by atoms with Crippen LogP contribution in [-0.4, -0.2) is 17.9 Å². The van der Waals surface area contributed by atoms with Gasteiger partial charge in [-0.1, -0.05) is 25.1 Å². The lowest BCUT2D eigenvalue weighted by Gasteiger charge is -2.27. The zero-order valence-corrected chi connectivity index (χ0v) is 13.8. The van der Waals surface area contributed by atoms with Crippen LogP contribution in [0.5, 0.6) is 0 Å². The molecular weight excluding hydrogens is 288 g/mol. The van der Waals surface area contributed by atoms with E-state index in [-0.39, 0.29) is 23.7 Å². The molecule has 4 heteroatoms. The number of carbonyl (C=O) groups excluding carboxylic acids is 2.